The molecule has 124 valence electrons. The van der Waals surface area contributed by atoms with Gasteiger partial charge in [0.25, 0.3) is 0 Å². The van der Waals surface area contributed by atoms with E-state index in [1.54, 1.807) is 18.2 Å². The highest BCUT2D eigenvalue weighted by molar-refractivity contribution is 6.35. The van der Waals surface area contributed by atoms with Crippen molar-refractivity contribution < 1.29 is 9.59 Å². The molecule has 2 aliphatic rings. The molecule has 23 heavy (non-hydrogen) atoms. The number of piperazine rings is 1. The van der Waals surface area contributed by atoms with Gasteiger partial charge in [-0.3, -0.25) is 9.59 Å². The Hall–Kier alpha value is -1.30. The third-order valence-corrected chi connectivity index (χ3v) is 4.83. The first-order valence-electron chi connectivity index (χ1n) is 7.68. The number of likely N-dealkylation sites (N-methyl/N-ethyl adjacent to an activating group) is 1. The summed E-state index contributed by atoms with van der Waals surface area (Å²) < 4.78 is 0. The zero-order valence-corrected chi connectivity index (χ0v) is 14.4. The highest BCUT2D eigenvalue weighted by atomic mass is 35.5. The maximum absolute atomic E-state index is 12.4. The fraction of sp³-hybridized carbons (Fsp3) is 0.500. The van der Waals surface area contributed by atoms with E-state index in [1.807, 2.05) is 11.9 Å². The molecule has 1 heterocycles. The Morgan fingerprint density at radius 2 is 1.65 bits per heavy atom. The first kappa shape index (κ1) is 16.6. The van der Waals surface area contributed by atoms with Crippen LogP contribution in [0.4, 0.5) is 5.69 Å². The molecule has 5 nitrogen and oxygen atoms in total. The number of carbonyl (C=O) groups excluding carboxylic acids is 2. The maximum Gasteiger partial charge on any atom is 0.228 e. The topological polar surface area (TPSA) is 52.7 Å². The number of rotatable bonds is 3. The third-order valence-electron chi connectivity index (χ3n) is 4.39. The summed E-state index contributed by atoms with van der Waals surface area (Å²) in [5.74, 6) is -0.480. The van der Waals surface area contributed by atoms with Crippen LogP contribution in [0.25, 0.3) is 0 Å². The Labute approximate surface area is 145 Å². The van der Waals surface area contributed by atoms with Crippen molar-refractivity contribution in [2.45, 2.75) is 6.42 Å². The van der Waals surface area contributed by atoms with Crippen molar-refractivity contribution in [2.24, 2.45) is 11.8 Å². The van der Waals surface area contributed by atoms with Gasteiger partial charge in [-0.25, -0.2) is 0 Å². The highest BCUT2D eigenvalue weighted by Crippen LogP contribution is 2.41. The van der Waals surface area contributed by atoms with Crippen molar-refractivity contribution >= 4 is 40.7 Å². The number of nitrogens with one attached hydrogen (secondary N) is 1. The lowest BCUT2D eigenvalue weighted by Crippen LogP contribution is -2.48. The van der Waals surface area contributed by atoms with Crippen LogP contribution in [0.1, 0.15) is 6.42 Å². The highest BCUT2D eigenvalue weighted by Gasteiger charge is 2.49. The maximum atomic E-state index is 12.4. The summed E-state index contributed by atoms with van der Waals surface area (Å²) in [7, 11) is 2.05. The first-order chi connectivity index (χ1) is 10.9. The van der Waals surface area contributed by atoms with Crippen molar-refractivity contribution in [2.75, 3.05) is 38.5 Å². The Morgan fingerprint density at radius 3 is 2.26 bits per heavy atom. The number of benzene rings is 1. The second-order valence-electron chi connectivity index (χ2n) is 6.22. The van der Waals surface area contributed by atoms with Crippen LogP contribution in [-0.4, -0.2) is 54.8 Å². The summed E-state index contributed by atoms with van der Waals surface area (Å²) in [5, 5.41) is 3.73. The van der Waals surface area contributed by atoms with Gasteiger partial charge in [0, 0.05) is 41.9 Å². The molecule has 1 aliphatic carbocycles. The molecule has 0 radical (unpaired) electrons. The van der Waals surface area contributed by atoms with Gasteiger partial charge in [0.1, 0.15) is 0 Å². The summed E-state index contributed by atoms with van der Waals surface area (Å²) in [4.78, 5) is 28.8. The largest absolute Gasteiger partial charge is 0.340 e. The van der Waals surface area contributed by atoms with Crippen LogP contribution in [0.3, 0.4) is 0 Å². The van der Waals surface area contributed by atoms with E-state index >= 15 is 0 Å². The Bertz CT molecular complexity index is 610. The molecule has 7 heteroatoms. The van der Waals surface area contributed by atoms with Gasteiger partial charge in [0.2, 0.25) is 11.8 Å². The van der Waals surface area contributed by atoms with Gasteiger partial charge in [-0.1, -0.05) is 23.2 Å². The molecule has 2 atom stereocenters. The van der Waals surface area contributed by atoms with Gasteiger partial charge in [-0.2, -0.15) is 0 Å². The van der Waals surface area contributed by atoms with Crippen molar-refractivity contribution in [3.8, 4) is 0 Å². The minimum Gasteiger partial charge on any atom is -0.340 e. The molecule has 1 N–H and O–H groups in total. The summed E-state index contributed by atoms with van der Waals surface area (Å²) in [6.07, 6.45) is 0.616. The number of hydrogen-bond donors (Lipinski definition) is 1. The number of hydrogen-bond acceptors (Lipinski definition) is 3. The molecule has 1 aliphatic heterocycles. The molecule has 2 unspecified atom stereocenters. The van der Waals surface area contributed by atoms with Crippen molar-refractivity contribution in [1.82, 2.24) is 9.80 Å². The van der Waals surface area contributed by atoms with Crippen LogP contribution in [0, 0.1) is 11.8 Å². The predicted molar refractivity (Wildman–Crippen MR) is 90.8 cm³/mol. The molecule has 1 saturated carbocycles. The second kappa shape index (κ2) is 6.67. The van der Waals surface area contributed by atoms with Crippen molar-refractivity contribution in [3.05, 3.63) is 28.2 Å². The number of carbonyl (C=O) groups is 2. The SMILES string of the molecule is CN1CCN(C(=O)C2CC2C(=O)Nc2cc(Cl)cc(Cl)c2)CC1. The summed E-state index contributed by atoms with van der Waals surface area (Å²) in [6.45, 7) is 3.25. The molecular weight excluding hydrogens is 337 g/mol. The van der Waals surface area contributed by atoms with Gasteiger partial charge in [-0.05, 0) is 31.7 Å². The normalized spacial score (nSPS) is 24.4. The Kier molecular flexibility index (Phi) is 4.80. The lowest BCUT2D eigenvalue weighted by atomic mass is 10.2. The average molecular weight is 356 g/mol. The quantitative estimate of drug-likeness (QED) is 0.905. The Balaban J connectivity index is 1.55. The number of nitrogens with zero attached hydrogens (tertiary/aromatic N) is 2. The summed E-state index contributed by atoms with van der Waals surface area (Å²) in [5.41, 5.74) is 0.560. The summed E-state index contributed by atoms with van der Waals surface area (Å²) in [6, 6.07) is 4.89. The third kappa shape index (κ3) is 3.97. The number of anilines is 1. The monoisotopic (exact) mass is 355 g/mol. The smallest absolute Gasteiger partial charge is 0.228 e. The minimum atomic E-state index is -0.250. The van der Waals surface area contributed by atoms with Gasteiger partial charge in [0.15, 0.2) is 0 Å². The summed E-state index contributed by atoms with van der Waals surface area (Å²) >= 11 is 11.8. The zero-order chi connectivity index (χ0) is 16.6. The minimum absolute atomic E-state index is 0.0994. The van der Waals surface area contributed by atoms with E-state index in [1.165, 1.54) is 0 Å². The Morgan fingerprint density at radius 1 is 1.04 bits per heavy atom. The lowest BCUT2D eigenvalue weighted by Gasteiger charge is -2.32. The van der Waals surface area contributed by atoms with Gasteiger partial charge in [-0.15, -0.1) is 0 Å². The van der Waals surface area contributed by atoms with E-state index in [2.05, 4.69) is 10.2 Å². The van der Waals surface area contributed by atoms with E-state index in [0.717, 1.165) is 26.2 Å². The standard InChI is InChI=1S/C16H19Cl2N3O2/c1-20-2-4-21(5-3-20)16(23)14-9-13(14)15(22)19-12-7-10(17)6-11(18)8-12/h6-8,13-14H,2-5,9H2,1H3,(H,19,22). The molecular formula is C16H19Cl2N3O2. The van der Waals surface area contributed by atoms with E-state index in [0.29, 0.717) is 22.2 Å². The fourth-order valence-corrected chi connectivity index (χ4v) is 3.41. The van der Waals surface area contributed by atoms with Crippen LogP contribution < -0.4 is 5.32 Å². The van der Waals surface area contributed by atoms with Crippen LogP contribution in [0.5, 0.6) is 0 Å². The van der Waals surface area contributed by atoms with Crippen molar-refractivity contribution in [3.63, 3.8) is 0 Å². The molecule has 1 aromatic carbocycles. The first-order valence-corrected chi connectivity index (χ1v) is 8.44. The molecule has 2 amide bonds. The molecule has 1 saturated heterocycles. The predicted octanol–water partition coefficient (Wildman–Crippen LogP) is 2.34. The molecule has 3 rings (SSSR count). The van der Waals surface area contributed by atoms with Gasteiger partial charge < -0.3 is 15.1 Å². The van der Waals surface area contributed by atoms with E-state index in [-0.39, 0.29) is 23.7 Å². The van der Waals surface area contributed by atoms with Gasteiger partial charge in [0.05, 0.1) is 11.8 Å². The molecule has 2 fully saturated rings. The molecule has 0 aromatic heterocycles. The average Bonchev–Trinajstić information content (AvgIpc) is 3.26. The second-order valence-corrected chi connectivity index (χ2v) is 7.10. The number of halogens is 2. The fourth-order valence-electron chi connectivity index (χ4n) is 2.88. The van der Waals surface area contributed by atoms with Crippen LogP contribution >= 0.6 is 23.2 Å². The molecule has 1 aromatic rings. The van der Waals surface area contributed by atoms with E-state index < -0.39 is 0 Å². The van der Waals surface area contributed by atoms with E-state index in [9.17, 15) is 9.59 Å². The van der Waals surface area contributed by atoms with Crippen LogP contribution in [0.2, 0.25) is 10.0 Å². The lowest BCUT2D eigenvalue weighted by molar-refractivity contribution is -0.135. The zero-order valence-electron chi connectivity index (χ0n) is 12.9. The van der Waals surface area contributed by atoms with Crippen LogP contribution in [0.15, 0.2) is 18.2 Å². The number of amides is 2. The molecule has 0 spiro atoms. The molecule has 0 bridgehead atoms. The van der Waals surface area contributed by atoms with Gasteiger partial charge >= 0.3 is 0 Å². The van der Waals surface area contributed by atoms with Crippen LogP contribution in [-0.2, 0) is 9.59 Å². The van der Waals surface area contributed by atoms with Crippen molar-refractivity contribution in [1.29, 1.82) is 0 Å². The van der Waals surface area contributed by atoms with E-state index in [4.69, 9.17) is 23.2 Å².